The number of aryl methyl sites for hydroxylation is 1. The van der Waals surface area contributed by atoms with Gasteiger partial charge in [-0.05, 0) is 47.8 Å². The number of carbonyl (C=O) groups excluding carboxylic acids is 2. The summed E-state index contributed by atoms with van der Waals surface area (Å²) in [5, 5.41) is 0. The Morgan fingerprint density at radius 3 is 2.27 bits per heavy atom. The van der Waals surface area contributed by atoms with Gasteiger partial charge in [-0.25, -0.2) is 0 Å². The van der Waals surface area contributed by atoms with Crippen molar-refractivity contribution in [3.05, 3.63) is 47.0 Å². The molecule has 1 aromatic rings. The number of fused-ring (bicyclic) bond motifs is 1. The number of hydrogen-bond donors (Lipinski definition) is 0. The van der Waals surface area contributed by atoms with Crippen molar-refractivity contribution in [2.45, 2.75) is 52.5 Å². The van der Waals surface area contributed by atoms with Crippen LogP contribution in [0.2, 0.25) is 0 Å². The number of imide groups is 1. The molecule has 0 radical (unpaired) electrons. The van der Waals surface area contributed by atoms with Gasteiger partial charge < -0.3 is 0 Å². The topological polar surface area (TPSA) is 37.4 Å². The summed E-state index contributed by atoms with van der Waals surface area (Å²) in [7, 11) is 0. The van der Waals surface area contributed by atoms with Crippen LogP contribution in [0.25, 0.3) is 0 Å². The highest BCUT2D eigenvalue weighted by atomic mass is 16.2. The maximum Gasteiger partial charge on any atom is 0.254 e. The van der Waals surface area contributed by atoms with Crippen molar-refractivity contribution in [2.75, 3.05) is 0 Å². The molecule has 0 spiro atoms. The van der Waals surface area contributed by atoms with Gasteiger partial charge in [0.05, 0.1) is 6.04 Å². The molecule has 1 aliphatic heterocycles. The predicted molar refractivity (Wildman–Crippen MR) is 86.3 cm³/mol. The fraction of sp³-hybridized carbons (Fsp3) is 0.474. The van der Waals surface area contributed by atoms with Gasteiger partial charge in [-0.3, -0.25) is 14.5 Å². The van der Waals surface area contributed by atoms with Crippen LogP contribution in [0.4, 0.5) is 0 Å². The van der Waals surface area contributed by atoms with E-state index in [-0.39, 0.29) is 23.3 Å². The Morgan fingerprint density at radius 1 is 1.09 bits per heavy atom. The fourth-order valence-electron chi connectivity index (χ4n) is 4.22. The van der Waals surface area contributed by atoms with Crippen molar-refractivity contribution in [1.29, 1.82) is 0 Å². The third kappa shape index (κ3) is 1.95. The van der Waals surface area contributed by atoms with E-state index in [0.29, 0.717) is 0 Å². The van der Waals surface area contributed by atoms with Crippen LogP contribution in [0.5, 0.6) is 0 Å². The first kappa shape index (κ1) is 15.0. The predicted octanol–water partition coefficient (Wildman–Crippen LogP) is 3.58. The van der Waals surface area contributed by atoms with E-state index in [0.717, 1.165) is 25.7 Å². The van der Waals surface area contributed by atoms with Crippen molar-refractivity contribution in [3.63, 3.8) is 0 Å². The van der Waals surface area contributed by atoms with E-state index in [1.54, 1.807) is 0 Å². The quantitative estimate of drug-likeness (QED) is 0.797. The summed E-state index contributed by atoms with van der Waals surface area (Å²) in [6, 6.07) is 6.27. The van der Waals surface area contributed by atoms with Gasteiger partial charge in [0.1, 0.15) is 0 Å². The van der Waals surface area contributed by atoms with Crippen molar-refractivity contribution in [3.8, 4) is 0 Å². The summed E-state index contributed by atoms with van der Waals surface area (Å²) < 4.78 is 0. The highest BCUT2D eigenvalue weighted by Gasteiger charge is 2.50. The standard InChI is InChI=1S/C19H23NO2/c1-4-13-8-7-9-14-12-19(5-2,6-3)18(17(13)14)20-15(21)10-11-16(20)22/h7-11,18H,4-6,12H2,1-3H3/t18-/m1/s1. The molecule has 0 N–H and O–H groups in total. The van der Waals surface area contributed by atoms with Crippen molar-refractivity contribution >= 4 is 11.8 Å². The molecular weight excluding hydrogens is 274 g/mol. The van der Waals surface area contributed by atoms with E-state index < -0.39 is 0 Å². The molecule has 0 aromatic heterocycles. The Morgan fingerprint density at radius 2 is 1.73 bits per heavy atom. The molecule has 1 aromatic carbocycles. The largest absolute Gasteiger partial charge is 0.269 e. The lowest BCUT2D eigenvalue weighted by molar-refractivity contribution is -0.143. The fourth-order valence-corrected chi connectivity index (χ4v) is 4.22. The summed E-state index contributed by atoms with van der Waals surface area (Å²) in [5.74, 6) is -0.333. The third-order valence-electron chi connectivity index (χ3n) is 5.57. The van der Waals surface area contributed by atoms with Gasteiger partial charge in [0.25, 0.3) is 11.8 Å². The van der Waals surface area contributed by atoms with Gasteiger partial charge in [0, 0.05) is 12.2 Å². The van der Waals surface area contributed by atoms with Crippen LogP contribution in [0, 0.1) is 5.41 Å². The van der Waals surface area contributed by atoms with Crippen LogP contribution in [0.1, 0.15) is 56.3 Å². The van der Waals surface area contributed by atoms with E-state index in [4.69, 9.17) is 0 Å². The molecule has 22 heavy (non-hydrogen) atoms. The molecular formula is C19H23NO2. The van der Waals surface area contributed by atoms with E-state index in [1.165, 1.54) is 33.7 Å². The molecule has 3 nitrogen and oxygen atoms in total. The zero-order valence-corrected chi connectivity index (χ0v) is 13.6. The molecule has 1 atom stereocenters. The first-order chi connectivity index (χ1) is 10.6. The van der Waals surface area contributed by atoms with Crippen LogP contribution in [-0.4, -0.2) is 16.7 Å². The van der Waals surface area contributed by atoms with Gasteiger partial charge in [-0.1, -0.05) is 39.0 Å². The first-order valence-corrected chi connectivity index (χ1v) is 8.23. The molecule has 116 valence electrons. The van der Waals surface area contributed by atoms with Crippen molar-refractivity contribution < 1.29 is 9.59 Å². The molecule has 2 amide bonds. The Bertz CT molecular complexity index is 637. The van der Waals surface area contributed by atoms with E-state index in [9.17, 15) is 9.59 Å². The Balaban J connectivity index is 2.20. The SMILES string of the molecule is CCc1cccc2c1[C@@H](N1C(=O)C=CC1=O)C(CC)(CC)C2. The molecule has 1 heterocycles. The molecule has 0 unspecified atom stereocenters. The van der Waals surface area contributed by atoms with Crippen LogP contribution in [-0.2, 0) is 22.4 Å². The summed E-state index contributed by atoms with van der Waals surface area (Å²) in [6.07, 6.45) is 6.61. The number of rotatable bonds is 4. The Labute approximate surface area is 132 Å². The minimum Gasteiger partial charge on any atom is -0.269 e. The smallest absolute Gasteiger partial charge is 0.254 e. The molecule has 3 heteroatoms. The summed E-state index contributed by atoms with van der Waals surface area (Å²) in [5.41, 5.74) is 3.75. The zero-order chi connectivity index (χ0) is 15.9. The summed E-state index contributed by atoms with van der Waals surface area (Å²) >= 11 is 0. The number of hydrogen-bond acceptors (Lipinski definition) is 2. The maximum absolute atomic E-state index is 12.3. The highest BCUT2D eigenvalue weighted by Crippen LogP contribution is 2.54. The molecule has 0 saturated carbocycles. The van der Waals surface area contributed by atoms with E-state index in [1.807, 2.05) is 0 Å². The van der Waals surface area contributed by atoms with Crippen LogP contribution >= 0.6 is 0 Å². The maximum atomic E-state index is 12.3. The lowest BCUT2D eigenvalue weighted by Gasteiger charge is -2.39. The second-order valence-corrected chi connectivity index (χ2v) is 6.37. The molecule has 0 fully saturated rings. The second-order valence-electron chi connectivity index (χ2n) is 6.37. The van der Waals surface area contributed by atoms with E-state index in [2.05, 4.69) is 39.0 Å². The van der Waals surface area contributed by atoms with Crippen molar-refractivity contribution in [2.24, 2.45) is 5.41 Å². The lowest BCUT2D eigenvalue weighted by atomic mass is 9.75. The average molecular weight is 297 g/mol. The first-order valence-electron chi connectivity index (χ1n) is 8.23. The van der Waals surface area contributed by atoms with Crippen molar-refractivity contribution in [1.82, 2.24) is 4.90 Å². The molecule has 2 aliphatic rings. The number of nitrogens with zero attached hydrogens (tertiary/aromatic N) is 1. The van der Waals surface area contributed by atoms with Gasteiger partial charge >= 0.3 is 0 Å². The van der Waals surface area contributed by atoms with Crippen LogP contribution < -0.4 is 0 Å². The average Bonchev–Trinajstić information content (AvgIpc) is 3.04. The minimum atomic E-state index is -0.167. The minimum absolute atomic E-state index is 0.0368. The zero-order valence-electron chi connectivity index (χ0n) is 13.6. The monoisotopic (exact) mass is 297 g/mol. The lowest BCUT2D eigenvalue weighted by Crippen LogP contribution is -2.42. The number of benzene rings is 1. The Hall–Kier alpha value is -1.90. The van der Waals surface area contributed by atoms with Crippen LogP contribution in [0.3, 0.4) is 0 Å². The van der Waals surface area contributed by atoms with Gasteiger partial charge in [-0.2, -0.15) is 0 Å². The normalized spacial score (nSPS) is 22.5. The van der Waals surface area contributed by atoms with Gasteiger partial charge in [-0.15, -0.1) is 0 Å². The highest BCUT2D eigenvalue weighted by molar-refractivity contribution is 6.13. The Kier molecular flexibility index (Phi) is 3.67. The summed E-state index contributed by atoms with van der Waals surface area (Å²) in [4.78, 5) is 26.1. The molecule has 0 saturated heterocycles. The van der Waals surface area contributed by atoms with Gasteiger partial charge in [0.2, 0.25) is 0 Å². The summed E-state index contributed by atoms with van der Waals surface area (Å²) in [6.45, 7) is 6.48. The molecule has 3 rings (SSSR count). The van der Waals surface area contributed by atoms with Gasteiger partial charge in [0.15, 0.2) is 0 Å². The third-order valence-corrected chi connectivity index (χ3v) is 5.57. The second kappa shape index (κ2) is 5.38. The van der Waals surface area contributed by atoms with Crippen LogP contribution in [0.15, 0.2) is 30.4 Å². The molecule has 1 aliphatic carbocycles. The number of carbonyl (C=O) groups is 2. The number of amides is 2. The van der Waals surface area contributed by atoms with E-state index >= 15 is 0 Å². The molecule has 0 bridgehead atoms.